The van der Waals surface area contributed by atoms with Crippen molar-refractivity contribution in [3.05, 3.63) is 59.2 Å². The standard InChI is InChI=1S/C18H25N3/c1-4-14-9-10-16(21-13-14)12-17(19-6-3)18-15(5-2)8-7-11-20-18/h7-11,13,17,19H,4-6,12H2,1-3H3. The van der Waals surface area contributed by atoms with Gasteiger partial charge in [0.2, 0.25) is 0 Å². The number of hydrogen-bond acceptors (Lipinski definition) is 3. The number of rotatable bonds is 7. The lowest BCUT2D eigenvalue weighted by Crippen LogP contribution is -2.25. The third kappa shape index (κ3) is 4.11. The first-order chi connectivity index (χ1) is 10.3. The average molecular weight is 283 g/mol. The molecule has 1 N–H and O–H groups in total. The molecule has 2 heterocycles. The van der Waals surface area contributed by atoms with Gasteiger partial charge in [-0.1, -0.05) is 32.9 Å². The molecular weight excluding hydrogens is 258 g/mol. The highest BCUT2D eigenvalue weighted by Crippen LogP contribution is 2.20. The van der Waals surface area contributed by atoms with Gasteiger partial charge in [0.1, 0.15) is 0 Å². The van der Waals surface area contributed by atoms with Crippen molar-refractivity contribution in [3.8, 4) is 0 Å². The summed E-state index contributed by atoms with van der Waals surface area (Å²) < 4.78 is 0. The van der Waals surface area contributed by atoms with Crippen LogP contribution in [-0.4, -0.2) is 16.5 Å². The zero-order valence-electron chi connectivity index (χ0n) is 13.3. The molecular formula is C18H25N3. The highest BCUT2D eigenvalue weighted by Gasteiger charge is 2.16. The fourth-order valence-electron chi connectivity index (χ4n) is 2.57. The van der Waals surface area contributed by atoms with Crippen LogP contribution in [0.1, 0.15) is 49.3 Å². The molecule has 0 aliphatic heterocycles. The van der Waals surface area contributed by atoms with Gasteiger partial charge in [-0.3, -0.25) is 9.97 Å². The predicted molar refractivity (Wildman–Crippen MR) is 87.4 cm³/mol. The summed E-state index contributed by atoms with van der Waals surface area (Å²) in [6.45, 7) is 7.39. The normalized spacial score (nSPS) is 12.3. The number of hydrogen-bond donors (Lipinski definition) is 1. The second kappa shape index (κ2) is 7.89. The zero-order valence-corrected chi connectivity index (χ0v) is 13.3. The minimum atomic E-state index is 0.228. The summed E-state index contributed by atoms with van der Waals surface area (Å²) in [5.74, 6) is 0. The maximum Gasteiger partial charge on any atom is 0.0608 e. The summed E-state index contributed by atoms with van der Waals surface area (Å²) in [6, 6.07) is 8.72. The molecule has 112 valence electrons. The first kappa shape index (κ1) is 15.6. The van der Waals surface area contributed by atoms with Crippen molar-refractivity contribution in [3.63, 3.8) is 0 Å². The van der Waals surface area contributed by atoms with Gasteiger partial charge in [-0.25, -0.2) is 0 Å². The lowest BCUT2D eigenvalue weighted by atomic mass is 10.0. The van der Waals surface area contributed by atoms with Crippen molar-refractivity contribution < 1.29 is 0 Å². The molecule has 2 aromatic heterocycles. The Bertz CT molecular complexity index is 549. The third-order valence-electron chi connectivity index (χ3n) is 3.80. The van der Waals surface area contributed by atoms with Crippen LogP contribution in [0.15, 0.2) is 36.7 Å². The van der Waals surface area contributed by atoms with E-state index in [1.807, 2.05) is 18.5 Å². The monoisotopic (exact) mass is 283 g/mol. The molecule has 21 heavy (non-hydrogen) atoms. The smallest absolute Gasteiger partial charge is 0.0608 e. The minimum absolute atomic E-state index is 0.228. The molecule has 0 radical (unpaired) electrons. The fraction of sp³-hybridized carbons (Fsp3) is 0.444. The Balaban J connectivity index is 2.21. The summed E-state index contributed by atoms with van der Waals surface area (Å²) >= 11 is 0. The van der Waals surface area contributed by atoms with E-state index >= 15 is 0 Å². The van der Waals surface area contributed by atoms with E-state index < -0.39 is 0 Å². The number of pyridine rings is 2. The van der Waals surface area contributed by atoms with Gasteiger partial charge in [0, 0.05) is 24.5 Å². The van der Waals surface area contributed by atoms with E-state index in [2.05, 4.69) is 54.3 Å². The molecule has 3 heteroatoms. The summed E-state index contributed by atoms with van der Waals surface area (Å²) in [6.07, 6.45) is 6.78. The Morgan fingerprint density at radius 2 is 1.90 bits per heavy atom. The van der Waals surface area contributed by atoms with Crippen LogP contribution < -0.4 is 5.32 Å². The molecule has 2 rings (SSSR count). The van der Waals surface area contributed by atoms with Gasteiger partial charge in [0.15, 0.2) is 0 Å². The van der Waals surface area contributed by atoms with E-state index in [0.29, 0.717) is 0 Å². The first-order valence-electron chi connectivity index (χ1n) is 7.89. The molecule has 0 spiro atoms. The SMILES string of the molecule is CCNC(Cc1ccc(CC)cn1)c1ncccc1CC. The topological polar surface area (TPSA) is 37.8 Å². The Hall–Kier alpha value is -1.74. The molecule has 0 saturated heterocycles. The van der Waals surface area contributed by atoms with E-state index in [4.69, 9.17) is 0 Å². The van der Waals surface area contributed by atoms with E-state index in [-0.39, 0.29) is 6.04 Å². The fourth-order valence-corrected chi connectivity index (χ4v) is 2.57. The molecule has 0 saturated carbocycles. The van der Waals surface area contributed by atoms with Crippen LogP contribution in [0, 0.1) is 0 Å². The molecule has 0 aromatic carbocycles. The number of aryl methyl sites for hydroxylation is 2. The van der Waals surface area contributed by atoms with Gasteiger partial charge >= 0.3 is 0 Å². The van der Waals surface area contributed by atoms with E-state index in [1.54, 1.807) is 0 Å². The Kier molecular flexibility index (Phi) is 5.88. The second-order valence-corrected chi connectivity index (χ2v) is 5.23. The maximum absolute atomic E-state index is 4.61. The highest BCUT2D eigenvalue weighted by molar-refractivity contribution is 5.25. The molecule has 0 bridgehead atoms. The third-order valence-corrected chi connectivity index (χ3v) is 3.80. The van der Waals surface area contributed by atoms with Crippen LogP contribution in [0.5, 0.6) is 0 Å². The van der Waals surface area contributed by atoms with Crippen LogP contribution in [0.4, 0.5) is 0 Å². The van der Waals surface area contributed by atoms with Gasteiger partial charge in [-0.15, -0.1) is 0 Å². The van der Waals surface area contributed by atoms with E-state index in [9.17, 15) is 0 Å². The summed E-state index contributed by atoms with van der Waals surface area (Å²) in [4.78, 5) is 9.19. The van der Waals surface area contributed by atoms with Gasteiger partial charge in [-0.2, -0.15) is 0 Å². The largest absolute Gasteiger partial charge is 0.309 e. The minimum Gasteiger partial charge on any atom is -0.309 e. The molecule has 1 unspecified atom stereocenters. The van der Waals surface area contributed by atoms with Gasteiger partial charge in [-0.05, 0) is 42.6 Å². The highest BCUT2D eigenvalue weighted by atomic mass is 14.9. The molecule has 2 aromatic rings. The van der Waals surface area contributed by atoms with Crippen LogP contribution in [0.2, 0.25) is 0 Å². The van der Waals surface area contributed by atoms with E-state index in [1.165, 1.54) is 11.1 Å². The molecule has 0 amide bonds. The van der Waals surface area contributed by atoms with Crippen molar-refractivity contribution in [2.75, 3.05) is 6.54 Å². The van der Waals surface area contributed by atoms with Crippen molar-refractivity contribution in [2.24, 2.45) is 0 Å². The average Bonchev–Trinajstić information content (AvgIpc) is 2.55. The molecule has 1 atom stereocenters. The van der Waals surface area contributed by atoms with Gasteiger partial charge in [0.25, 0.3) is 0 Å². The summed E-state index contributed by atoms with van der Waals surface area (Å²) in [5, 5.41) is 3.55. The quantitative estimate of drug-likeness (QED) is 0.845. The number of nitrogens with one attached hydrogen (secondary N) is 1. The van der Waals surface area contributed by atoms with Crippen LogP contribution in [0.3, 0.4) is 0 Å². The zero-order chi connectivity index (χ0) is 15.1. The van der Waals surface area contributed by atoms with Crippen LogP contribution in [0.25, 0.3) is 0 Å². The van der Waals surface area contributed by atoms with Crippen molar-refractivity contribution in [1.29, 1.82) is 0 Å². The Morgan fingerprint density at radius 3 is 2.52 bits per heavy atom. The molecule has 3 nitrogen and oxygen atoms in total. The first-order valence-corrected chi connectivity index (χ1v) is 7.89. The number of nitrogens with zero attached hydrogens (tertiary/aromatic N) is 2. The van der Waals surface area contributed by atoms with E-state index in [0.717, 1.165) is 37.2 Å². The van der Waals surface area contributed by atoms with Crippen molar-refractivity contribution in [1.82, 2.24) is 15.3 Å². The van der Waals surface area contributed by atoms with Crippen LogP contribution >= 0.6 is 0 Å². The maximum atomic E-state index is 4.61. The predicted octanol–water partition coefficient (Wildman–Crippen LogP) is 3.49. The molecule has 0 aliphatic rings. The molecule has 0 aliphatic carbocycles. The van der Waals surface area contributed by atoms with Crippen LogP contribution in [-0.2, 0) is 19.3 Å². The van der Waals surface area contributed by atoms with Crippen molar-refractivity contribution in [2.45, 2.75) is 46.1 Å². The van der Waals surface area contributed by atoms with Crippen molar-refractivity contribution >= 4 is 0 Å². The lowest BCUT2D eigenvalue weighted by Gasteiger charge is -2.19. The number of likely N-dealkylation sites (N-methyl/N-ethyl adjacent to an activating group) is 1. The Labute approximate surface area is 127 Å². The Morgan fingerprint density at radius 1 is 1.05 bits per heavy atom. The number of aromatic nitrogens is 2. The molecule has 0 fully saturated rings. The summed E-state index contributed by atoms with van der Waals surface area (Å²) in [7, 11) is 0. The summed E-state index contributed by atoms with van der Waals surface area (Å²) in [5.41, 5.74) is 4.87. The lowest BCUT2D eigenvalue weighted by molar-refractivity contribution is 0.526. The second-order valence-electron chi connectivity index (χ2n) is 5.23. The van der Waals surface area contributed by atoms with Gasteiger partial charge < -0.3 is 5.32 Å². The van der Waals surface area contributed by atoms with Gasteiger partial charge in [0.05, 0.1) is 11.7 Å².